The fourth-order valence-corrected chi connectivity index (χ4v) is 3.57. The maximum absolute atomic E-state index is 12.9. The Labute approximate surface area is 161 Å². The molecule has 2 aliphatic heterocycles. The molecule has 1 aromatic rings. The van der Waals surface area contributed by atoms with Crippen LogP contribution in [0.15, 0.2) is 6.07 Å². The van der Waals surface area contributed by atoms with Crippen molar-refractivity contribution in [1.82, 2.24) is 4.90 Å². The van der Waals surface area contributed by atoms with E-state index in [1.54, 1.807) is 6.92 Å². The minimum absolute atomic E-state index is 0.0805. The zero-order valence-corrected chi connectivity index (χ0v) is 16.2. The summed E-state index contributed by atoms with van der Waals surface area (Å²) in [5.74, 6) is -2.36. The van der Waals surface area contributed by atoms with Gasteiger partial charge in [-0.15, -0.1) is 0 Å². The molecule has 28 heavy (non-hydrogen) atoms. The van der Waals surface area contributed by atoms with Crippen LogP contribution in [0.25, 0.3) is 0 Å². The summed E-state index contributed by atoms with van der Waals surface area (Å²) in [6.45, 7) is 3.09. The van der Waals surface area contributed by atoms with Crippen LogP contribution in [0.1, 0.15) is 40.1 Å². The van der Waals surface area contributed by atoms with Gasteiger partial charge in [0.1, 0.15) is 23.6 Å². The lowest BCUT2D eigenvalue weighted by Gasteiger charge is -2.20. The van der Waals surface area contributed by atoms with Crippen molar-refractivity contribution in [2.45, 2.75) is 32.4 Å². The van der Waals surface area contributed by atoms with Crippen LogP contribution in [0.4, 0.5) is 0 Å². The maximum atomic E-state index is 12.9. The van der Waals surface area contributed by atoms with Gasteiger partial charge in [0.25, 0.3) is 11.8 Å². The van der Waals surface area contributed by atoms with Gasteiger partial charge < -0.3 is 18.9 Å². The van der Waals surface area contributed by atoms with Crippen LogP contribution in [0.2, 0.25) is 0 Å². The van der Waals surface area contributed by atoms with Gasteiger partial charge in [0, 0.05) is 12.0 Å². The van der Waals surface area contributed by atoms with E-state index in [-0.39, 0.29) is 16.9 Å². The molecule has 0 radical (unpaired) electrons. The molecule has 0 spiro atoms. The first-order valence-electron chi connectivity index (χ1n) is 8.70. The summed E-state index contributed by atoms with van der Waals surface area (Å²) in [6, 6.07) is 0.381. The lowest BCUT2D eigenvalue weighted by molar-refractivity contribution is -0.147. The Morgan fingerprint density at radius 2 is 1.75 bits per heavy atom. The van der Waals surface area contributed by atoms with Gasteiger partial charge in [-0.05, 0) is 19.9 Å². The molecule has 0 saturated heterocycles. The molecule has 3 unspecified atom stereocenters. The van der Waals surface area contributed by atoms with Gasteiger partial charge in [0.2, 0.25) is 0 Å². The molecule has 1 aromatic carbocycles. The number of nitrogens with zero attached hydrogens (tertiary/aromatic N) is 1. The molecule has 2 aliphatic rings. The number of carbonyl (C=O) groups is 4. The van der Waals surface area contributed by atoms with Crippen molar-refractivity contribution < 1.29 is 38.1 Å². The largest absolute Gasteiger partial charge is 0.495 e. The van der Waals surface area contributed by atoms with Crippen molar-refractivity contribution in [3.8, 4) is 11.5 Å². The van der Waals surface area contributed by atoms with Crippen LogP contribution in [0.5, 0.6) is 11.5 Å². The number of benzene rings is 1. The first-order valence-corrected chi connectivity index (χ1v) is 8.70. The second kappa shape index (κ2) is 7.14. The zero-order valence-electron chi connectivity index (χ0n) is 16.2. The number of ether oxygens (including phenoxy) is 4. The minimum Gasteiger partial charge on any atom is -0.495 e. The van der Waals surface area contributed by atoms with Crippen LogP contribution in [-0.2, 0) is 25.5 Å². The fraction of sp³-hybridized carbons (Fsp3) is 0.474. The molecule has 0 N–H and O–H groups in total. The maximum Gasteiger partial charge on any atom is 0.328 e. The van der Waals surface area contributed by atoms with E-state index in [4.69, 9.17) is 14.2 Å². The van der Waals surface area contributed by atoms with Crippen molar-refractivity contribution in [2.24, 2.45) is 5.92 Å². The van der Waals surface area contributed by atoms with Crippen molar-refractivity contribution >= 4 is 23.8 Å². The van der Waals surface area contributed by atoms with Crippen LogP contribution in [0, 0.1) is 5.92 Å². The quantitative estimate of drug-likeness (QED) is 0.540. The lowest BCUT2D eigenvalue weighted by atomic mass is 9.96. The van der Waals surface area contributed by atoms with E-state index >= 15 is 0 Å². The topological polar surface area (TPSA) is 108 Å². The van der Waals surface area contributed by atoms with Crippen LogP contribution >= 0.6 is 0 Å². The van der Waals surface area contributed by atoms with E-state index < -0.39 is 41.8 Å². The summed E-state index contributed by atoms with van der Waals surface area (Å²) >= 11 is 0. The molecule has 0 fully saturated rings. The first kappa shape index (κ1) is 19.7. The summed E-state index contributed by atoms with van der Waals surface area (Å²) in [5, 5.41) is 0. The third kappa shape index (κ3) is 2.78. The first-order chi connectivity index (χ1) is 13.3. The third-order valence-corrected chi connectivity index (χ3v) is 5.17. The van der Waals surface area contributed by atoms with E-state index in [9.17, 15) is 19.2 Å². The van der Waals surface area contributed by atoms with E-state index in [0.717, 1.165) is 4.90 Å². The number of esters is 2. The van der Waals surface area contributed by atoms with Crippen molar-refractivity contribution in [1.29, 1.82) is 0 Å². The number of amides is 2. The molecule has 0 saturated carbocycles. The molecule has 0 aromatic heterocycles. The second-order valence-electron chi connectivity index (χ2n) is 6.66. The van der Waals surface area contributed by atoms with Crippen LogP contribution in [-0.4, -0.2) is 62.1 Å². The highest BCUT2D eigenvalue weighted by molar-refractivity contribution is 6.24. The molecule has 0 aliphatic carbocycles. The number of fused-ring (bicyclic) bond motifs is 2. The van der Waals surface area contributed by atoms with E-state index in [0.29, 0.717) is 17.7 Å². The minimum atomic E-state index is -1.08. The molecule has 3 atom stereocenters. The van der Waals surface area contributed by atoms with E-state index in [1.165, 1.54) is 34.3 Å². The van der Waals surface area contributed by atoms with Gasteiger partial charge in [-0.2, -0.15) is 0 Å². The number of methoxy groups -OCH3 is 3. The van der Waals surface area contributed by atoms with Crippen LogP contribution in [0.3, 0.4) is 0 Å². The SMILES string of the molecule is COC(=O)C(C)C1Cc2c(cc3c(c2OC)C(=O)N(C(C)C(=O)OC)C3=O)O1. The highest BCUT2D eigenvalue weighted by Gasteiger charge is 2.46. The predicted octanol–water partition coefficient (Wildman–Crippen LogP) is 0.965. The number of carbonyl (C=O) groups excluding carboxylic acids is 4. The summed E-state index contributed by atoms with van der Waals surface area (Å²) in [4.78, 5) is 50.3. The second-order valence-corrected chi connectivity index (χ2v) is 6.66. The van der Waals surface area contributed by atoms with Gasteiger partial charge >= 0.3 is 11.9 Å². The van der Waals surface area contributed by atoms with Gasteiger partial charge in [0.15, 0.2) is 0 Å². The molecule has 9 nitrogen and oxygen atoms in total. The van der Waals surface area contributed by atoms with E-state index in [1.807, 2.05) is 0 Å². The molecule has 2 amide bonds. The van der Waals surface area contributed by atoms with Crippen LogP contribution < -0.4 is 9.47 Å². The Morgan fingerprint density at radius 3 is 2.32 bits per heavy atom. The lowest BCUT2D eigenvalue weighted by Crippen LogP contribution is -2.43. The average molecular weight is 391 g/mol. The average Bonchev–Trinajstić information content (AvgIpc) is 3.23. The smallest absolute Gasteiger partial charge is 0.328 e. The zero-order chi connectivity index (χ0) is 20.7. The van der Waals surface area contributed by atoms with Crippen molar-refractivity contribution in [2.75, 3.05) is 21.3 Å². The highest BCUT2D eigenvalue weighted by atomic mass is 16.5. The number of hydrogen-bond donors (Lipinski definition) is 0. The van der Waals surface area contributed by atoms with Gasteiger partial charge in [-0.3, -0.25) is 19.3 Å². The Kier molecular flexibility index (Phi) is 5.01. The highest BCUT2D eigenvalue weighted by Crippen LogP contribution is 2.45. The predicted molar refractivity (Wildman–Crippen MR) is 94.3 cm³/mol. The van der Waals surface area contributed by atoms with E-state index in [2.05, 4.69) is 4.74 Å². The Hall–Kier alpha value is -3.10. The molecular formula is C19H21NO8. The number of imide groups is 1. The monoisotopic (exact) mass is 391 g/mol. The molecule has 2 heterocycles. The molecule has 3 rings (SSSR count). The Balaban J connectivity index is 2.02. The number of rotatable bonds is 5. The Bertz CT molecular complexity index is 877. The molecule has 9 heteroatoms. The summed E-state index contributed by atoms with van der Waals surface area (Å²) < 4.78 is 20.7. The van der Waals surface area contributed by atoms with Gasteiger partial charge in [-0.25, -0.2) is 4.79 Å². The summed E-state index contributed by atoms with van der Waals surface area (Å²) in [5.41, 5.74) is 0.760. The van der Waals surface area contributed by atoms with Crippen molar-refractivity contribution in [3.63, 3.8) is 0 Å². The summed E-state index contributed by atoms with van der Waals surface area (Å²) in [6.07, 6.45) is -0.190. The normalized spacial score (nSPS) is 19.5. The number of hydrogen-bond acceptors (Lipinski definition) is 8. The molecule has 150 valence electrons. The van der Waals surface area contributed by atoms with Gasteiger partial charge in [0.05, 0.1) is 38.4 Å². The standard InChI is InChI=1S/C19H21NO8/c1-8(18(23)26-4)12-6-10-13(28-12)7-11-14(15(10)25-3)17(22)20(16(11)21)9(2)19(24)27-5/h7-9,12H,6H2,1-5H3. The molecule has 0 bridgehead atoms. The third-order valence-electron chi connectivity index (χ3n) is 5.17. The fourth-order valence-electron chi connectivity index (χ4n) is 3.57. The van der Waals surface area contributed by atoms with Gasteiger partial charge in [-0.1, -0.05) is 0 Å². The molecular weight excluding hydrogens is 370 g/mol. The van der Waals surface area contributed by atoms with Crippen molar-refractivity contribution in [3.05, 3.63) is 22.8 Å². The Morgan fingerprint density at radius 1 is 1.11 bits per heavy atom. The summed E-state index contributed by atoms with van der Waals surface area (Å²) in [7, 11) is 3.87.